The minimum atomic E-state index is -1.09. The number of ether oxygens (including phenoxy) is 1. The second-order valence-electron chi connectivity index (χ2n) is 5.76. The fourth-order valence-electron chi connectivity index (χ4n) is 2.49. The van der Waals surface area contributed by atoms with Crippen LogP contribution >= 0.6 is 0 Å². The number of hydrogen-bond acceptors (Lipinski definition) is 5. The van der Waals surface area contributed by atoms with Crippen LogP contribution < -0.4 is 0 Å². The van der Waals surface area contributed by atoms with E-state index < -0.39 is 5.97 Å². The van der Waals surface area contributed by atoms with Gasteiger partial charge in [-0.15, -0.1) is 0 Å². The first-order valence-corrected chi connectivity index (χ1v) is 7.23. The average molecular weight is 304 g/mol. The zero-order chi connectivity index (χ0) is 16.8. The molecule has 0 amide bonds. The average Bonchev–Trinajstić information content (AvgIpc) is 2.46. The number of hydrogen-bond donors (Lipinski definition) is 1. The number of allylic oxidation sites excluding steroid dienone is 1. The van der Waals surface area contributed by atoms with Crippen molar-refractivity contribution in [2.24, 2.45) is 11.3 Å². The number of esters is 1. The summed E-state index contributed by atoms with van der Waals surface area (Å²) in [6, 6.07) is 3.89. The lowest BCUT2D eigenvalue weighted by molar-refractivity contribution is -0.143. The largest absolute Gasteiger partial charge is 0.477 e. The summed E-state index contributed by atoms with van der Waals surface area (Å²) in [4.78, 5) is 21.2. The number of carboxylic acid groups (broad SMARTS) is 1. The third-order valence-electron chi connectivity index (χ3n) is 4.35. The van der Waals surface area contributed by atoms with Gasteiger partial charge in [-0.3, -0.25) is 4.79 Å². The Morgan fingerprint density at radius 1 is 1.41 bits per heavy atom. The standard InChI is InChI=1S/C8H9NO2.C8H11NO2/c1-5-2-3-6(5)7(4-9)8(10)11;1-11-7(10)5-8(6-9)3-2-4-8/h5H,2-3H2,1H3,(H,10,11);2-5H2,1H3. The van der Waals surface area contributed by atoms with Crippen molar-refractivity contribution in [3.05, 3.63) is 11.1 Å². The molecule has 2 aliphatic carbocycles. The second kappa shape index (κ2) is 7.61. The van der Waals surface area contributed by atoms with Crippen molar-refractivity contribution < 1.29 is 19.4 Å². The fraction of sp³-hybridized carbons (Fsp3) is 0.625. The van der Waals surface area contributed by atoms with Crippen molar-refractivity contribution in [2.75, 3.05) is 7.11 Å². The highest BCUT2D eigenvalue weighted by molar-refractivity contribution is 5.92. The molecule has 0 radical (unpaired) electrons. The molecule has 2 rings (SSSR count). The number of nitrogens with zero attached hydrogens (tertiary/aromatic N) is 2. The van der Waals surface area contributed by atoms with Crippen LogP contribution in [0.15, 0.2) is 11.1 Å². The van der Waals surface area contributed by atoms with Gasteiger partial charge in [-0.05, 0) is 37.2 Å². The highest BCUT2D eigenvalue weighted by atomic mass is 16.5. The quantitative estimate of drug-likeness (QED) is 0.487. The topological polar surface area (TPSA) is 111 Å². The molecule has 6 nitrogen and oxygen atoms in total. The predicted octanol–water partition coefficient (Wildman–Crippen LogP) is 2.56. The number of carboxylic acids is 1. The molecule has 0 aliphatic heterocycles. The van der Waals surface area contributed by atoms with Crippen LogP contribution in [0.2, 0.25) is 0 Å². The highest BCUT2D eigenvalue weighted by Gasteiger charge is 2.39. The van der Waals surface area contributed by atoms with E-state index in [0.29, 0.717) is 5.92 Å². The molecule has 0 spiro atoms. The first-order valence-electron chi connectivity index (χ1n) is 7.23. The second-order valence-corrected chi connectivity index (χ2v) is 5.76. The SMILES string of the molecule is CC1CCC1=C(C#N)C(=O)O.COC(=O)CC1(C#N)CCC1. The molecule has 0 bridgehead atoms. The molecule has 0 aromatic carbocycles. The number of methoxy groups -OCH3 is 1. The summed E-state index contributed by atoms with van der Waals surface area (Å²) in [6.45, 7) is 1.94. The van der Waals surface area contributed by atoms with E-state index in [4.69, 9.17) is 15.6 Å². The van der Waals surface area contributed by atoms with Crippen molar-refractivity contribution in [3.63, 3.8) is 0 Å². The number of carbonyl (C=O) groups excluding carboxylic acids is 1. The van der Waals surface area contributed by atoms with Gasteiger partial charge >= 0.3 is 11.9 Å². The third kappa shape index (κ3) is 4.08. The van der Waals surface area contributed by atoms with Gasteiger partial charge in [0, 0.05) is 0 Å². The van der Waals surface area contributed by atoms with Crippen molar-refractivity contribution in [2.45, 2.75) is 45.4 Å². The number of rotatable bonds is 3. The summed E-state index contributed by atoms with van der Waals surface area (Å²) in [5.41, 5.74) is 0.372. The summed E-state index contributed by atoms with van der Waals surface area (Å²) in [6.07, 6.45) is 4.80. The van der Waals surface area contributed by atoms with Crippen LogP contribution in [0.3, 0.4) is 0 Å². The van der Waals surface area contributed by atoms with Gasteiger partial charge in [-0.1, -0.05) is 13.3 Å². The van der Waals surface area contributed by atoms with E-state index in [0.717, 1.165) is 37.7 Å². The molecule has 0 saturated heterocycles. The summed E-state index contributed by atoms with van der Waals surface area (Å²) >= 11 is 0. The molecule has 6 heteroatoms. The maximum absolute atomic E-state index is 10.8. The first-order chi connectivity index (χ1) is 10.4. The van der Waals surface area contributed by atoms with E-state index >= 15 is 0 Å². The van der Waals surface area contributed by atoms with Crippen LogP contribution in [0.4, 0.5) is 0 Å². The zero-order valence-corrected chi connectivity index (χ0v) is 12.9. The maximum Gasteiger partial charge on any atom is 0.346 e. The zero-order valence-electron chi connectivity index (χ0n) is 12.9. The number of carbonyl (C=O) groups is 2. The molecule has 2 aliphatic rings. The Morgan fingerprint density at radius 2 is 2.05 bits per heavy atom. The molecule has 0 aromatic heterocycles. The smallest absolute Gasteiger partial charge is 0.346 e. The monoisotopic (exact) mass is 304 g/mol. The minimum absolute atomic E-state index is 0.0521. The Kier molecular flexibility index (Phi) is 6.12. The molecule has 1 N–H and O–H groups in total. The van der Waals surface area contributed by atoms with E-state index in [1.54, 1.807) is 6.07 Å². The highest BCUT2D eigenvalue weighted by Crippen LogP contribution is 2.43. The Bertz CT molecular complexity index is 562. The Balaban J connectivity index is 0.000000220. The summed E-state index contributed by atoms with van der Waals surface area (Å²) in [7, 11) is 1.35. The van der Waals surface area contributed by atoms with Crippen LogP contribution in [0, 0.1) is 34.0 Å². The molecule has 1 unspecified atom stereocenters. The number of nitriles is 2. The first kappa shape index (κ1) is 17.7. The number of aliphatic carboxylic acids is 1. The predicted molar refractivity (Wildman–Crippen MR) is 77.2 cm³/mol. The van der Waals surface area contributed by atoms with Crippen LogP contribution in [0.25, 0.3) is 0 Å². The van der Waals surface area contributed by atoms with Crippen molar-refractivity contribution in [1.82, 2.24) is 0 Å². The van der Waals surface area contributed by atoms with E-state index in [2.05, 4.69) is 10.8 Å². The van der Waals surface area contributed by atoms with Gasteiger partial charge in [0.05, 0.1) is 25.0 Å². The maximum atomic E-state index is 10.8. The van der Waals surface area contributed by atoms with Crippen LogP contribution in [-0.4, -0.2) is 24.2 Å². The lowest BCUT2D eigenvalue weighted by atomic mass is 9.68. The lowest BCUT2D eigenvalue weighted by Crippen LogP contribution is -2.30. The summed E-state index contributed by atoms with van der Waals surface area (Å²) < 4.78 is 4.49. The van der Waals surface area contributed by atoms with Gasteiger partial charge in [0.25, 0.3) is 0 Å². The van der Waals surface area contributed by atoms with E-state index in [-0.39, 0.29) is 23.4 Å². The van der Waals surface area contributed by atoms with Gasteiger partial charge in [0.15, 0.2) is 0 Å². The summed E-state index contributed by atoms with van der Waals surface area (Å²) in [5.74, 6) is -1.07. The van der Waals surface area contributed by atoms with Crippen molar-refractivity contribution in [3.8, 4) is 12.1 Å². The van der Waals surface area contributed by atoms with Gasteiger partial charge in [0.2, 0.25) is 0 Å². The molecule has 2 fully saturated rings. The normalized spacial score (nSPS) is 23.2. The molecular weight excluding hydrogens is 284 g/mol. The molecule has 0 heterocycles. The third-order valence-corrected chi connectivity index (χ3v) is 4.35. The summed E-state index contributed by atoms with van der Waals surface area (Å²) in [5, 5.41) is 25.7. The minimum Gasteiger partial charge on any atom is -0.477 e. The van der Waals surface area contributed by atoms with E-state index in [9.17, 15) is 9.59 Å². The fourth-order valence-corrected chi connectivity index (χ4v) is 2.49. The molecule has 22 heavy (non-hydrogen) atoms. The van der Waals surface area contributed by atoms with Crippen molar-refractivity contribution >= 4 is 11.9 Å². The Labute approximate surface area is 130 Å². The van der Waals surface area contributed by atoms with E-state index in [1.807, 2.05) is 6.92 Å². The van der Waals surface area contributed by atoms with Crippen LogP contribution in [-0.2, 0) is 14.3 Å². The van der Waals surface area contributed by atoms with Crippen LogP contribution in [0.1, 0.15) is 45.4 Å². The molecule has 0 aromatic rings. The van der Waals surface area contributed by atoms with Crippen LogP contribution in [0.5, 0.6) is 0 Å². The van der Waals surface area contributed by atoms with Gasteiger partial charge in [0.1, 0.15) is 11.6 Å². The van der Waals surface area contributed by atoms with Crippen molar-refractivity contribution in [1.29, 1.82) is 10.5 Å². The Morgan fingerprint density at radius 3 is 2.23 bits per heavy atom. The Hall–Kier alpha value is -2.34. The van der Waals surface area contributed by atoms with Gasteiger partial charge in [-0.2, -0.15) is 10.5 Å². The lowest BCUT2D eigenvalue weighted by Gasteiger charge is -2.33. The molecular formula is C16H20N2O4. The van der Waals surface area contributed by atoms with Gasteiger partial charge < -0.3 is 9.84 Å². The molecule has 1 atom stereocenters. The van der Waals surface area contributed by atoms with Gasteiger partial charge in [-0.25, -0.2) is 4.79 Å². The molecule has 2 saturated carbocycles. The molecule has 118 valence electrons. The van der Waals surface area contributed by atoms with E-state index in [1.165, 1.54) is 7.11 Å².